The molecule has 0 aromatic heterocycles. The predicted octanol–water partition coefficient (Wildman–Crippen LogP) is 6.06. The first-order valence-corrected chi connectivity index (χ1v) is 12.8. The number of methoxy groups -OCH3 is 1. The van der Waals surface area contributed by atoms with Gasteiger partial charge in [-0.2, -0.15) is 0 Å². The Morgan fingerprint density at radius 2 is 1.39 bits per heavy atom. The van der Waals surface area contributed by atoms with Gasteiger partial charge >= 0.3 is 0 Å². The van der Waals surface area contributed by atoms with Crippen molar-refractivity contribution in [2.75, 3.05) is 23.5 Å². The number of aryl methyl sites for hydroxylation is 2. The minimum Gasteiger partial charge on any atom is -0.493 e. The number of carbonyl (C=O) groups excluding carboxylic acids is 2. The van der Waals surface area contributed by atoms with Gasteiger partial charge in [-0.1, -0.05) is 35.4 Å². The highest BCUT2D eigenvalue weighted by Crippen LogP contribution is 2.36. The van der Waals surface area contributed by atoms with Crippen molar-refractivity contribution in [2.24, 2.45) is 0 Å². The van der Waals surface area contributed by atoms with Crippen molar-refractivity contribution < 1.29 is 19.1 Å². The van der Waals surface area contributed by atoms with Crippen LogP contribution in [0.15, 0.2) is 66.2 Å². The predicted molar refractivity (Wildman–Crippen MR) is 155 cm³/mol. The first-order valence-electron chi connectivity index (χ1n) is 11.3. The molecule has 0 saturated carbocycles. The number of amides is 2. The molecule has 1 aliphatic rings. The van der Waals surface area contributed by atoms with Gasteiger partial charge in [0.1, 0.15) is 5.57 Å². The number of anilines is 2. The molecule has 6 nitrogen and oxygen atoms in total. The van der Waals surface area contributed by atoms with E-state index in [1.165, 1.54) is 9.80 Å². The van der Waals surface area contributed by atoms with Crippen LogP contribution in [0, 0.1) is 17.4 Å². The van der Waals surface area contributed by atoms with Gasteiger partial charge in [0.2, 0.25) is 0 Å². The summed E-state index contributed by atoms with van der Waals surface area (Å²) in [4.78, 5) is 30.3. The normalized spacial score (nSPS) is 13.8. The number of hydrogen-bond acceptors (Lipinski definition) is 5. The monoisotopic (exact) mass is 612 g/mol. The molecular weight excluding hydrogens is 587 g/mol. The third-order valence-electron chi connectivity index (χ3n) is 5.69. The van der Waals surface area contributed by atoms with E-state index in [1.54, 1.807) is 19.3 Å². The largest absolute Gasteiger partial charge is 0.493 e. The van der Waals surface area contributed by atoms with Crippen LogP contribution < -0.4 is 19.3 Å². The van der Waals surface area contributed by atoms with E-state index in [4.69, 9.17) is 21.7 Å². The first-order chi connectivity index (χ1) is 17.2. The van der Waals surface area contributed by atoms with Gasteiger partial charge < -0.3 is 9.47 Å². The molecule has 2 amide bonds. The molecule has 0 N–H and O–H groups in total. The summed E-state index contributed by atoms with van der Waals surface area (Å²) in [7, 11) is 1.55. The summed E-state index contributed by atoms with van der Waals surface area (Å²) in [6.45, 7) is 6.31. The smallest absolute Gasteiger partial charge is 0.270 e. The van der Waals surface area contributed by atoms with E-state index in [1.807, 2.05) is 75.4 Å². The maximum atomic E-state index is 13.7. The quantitative estimate of drug-likeness (QED) is 0.147. The molecule has 1 aliphatic heterocycles. The average Bonchev–Trinajstić information content (AvgIpc) is 2.85. The summed E-state index contributed by atoms with van der Waals surface area (Å²) in [5.41, 5.74) is 3.90. The Kier molecular flexibility index (Phi) is 7.75. The minimum absolute atomic E-state index is 0.00763. The molecule has 0 atom stereocenters. The first kappa shape index (κ1) is 25.8. The van der Waals surface area contributed by atoms with Crippen molar-refractivity contribution >= 4 is 69.2 Å². The Morgan fingerprint density at radius 3 is 1.83 bits per heavy atom. The van der Waals surface area contributed by atoms with E-state index in [9.17, 15) is 9.59 Å². The number of ether oxygens (including phenoxy) is 2. The summed E-state index contributed by atoms with van der Waals surface area (Å²) in [5.74, 6) is 0.167. The number of benzene rings is 3. The third-order valence-corrected chi connectivity index (χ3v) is 6.85. The van der Waals surface area contributed by atoms with Gasteiger partial charge in [-0.15, -0.1) is 0 Å². The summed E-state index contributed by atoms with van der Waals surface area (Å²) in [6, 6.07) is 18.5. The number of rotatable bonds is 6. The molecule has 36 heavy (non-hydrogen) atoms. The molecule has 0 radical (unpaired) electrons. The highest BCUT2D eigenvalue weighted by atomic mass is 127. The van der Waals surface area contributed by atoms with Crippen molar-refractivity contribution in [3.8, 4) is 11.5 Å². The highest BCUT2D eigenvalue weighted by molar-refractivity contribution is 14.1. The lowest BCUT2D eigenvalue weighted by molar-refractivity contribution is -0.120. The van der Waals surface area contributed by atoms with Crippen LogP contribution in [0.5, 0.6) is 11.5 Å². The topological polar surface area (TPSA) is 59.1 Å². The second-order valence-electron chi connectivity index (χ2n) is 8.26. The molecule has 184 valence electrons. The zero-order valence-electron chi connectivity index (χ0n) is 20.4. The minimum atomic E-state index is -0.486. The highest BCUT2D eigenvalue weighted by Gasteiger charge is 2.41. The molecule has 1 fully saturated rings. The van der Waals surface area contributed by atoms with Crippen molar-refractivity contribution in [1.29, 1.82) is 0 Å². The van der Waals surface area contributed by atoms with Crippen molar-refractivity contribution in [2.45, 2.75) is 20.8 Å². The lowest BCUT2D eigenvalue weighted by Crippen LogP contribution is -2.56. The van der Waals surface area contributed by atoms with E-state index in [2.05, 4.69) is 22.6 Å². The van der Waals surface area contributed by atoms with Crippen molar-refractivity contribution in [3.05, 3.63) is 86.5 Å². The van der Waals surface area contributed by atoms with Gasteiger partial charge in [0.15, 0.2) is 16.6 Å². The van der Waals surface area contributed by atoms with Crippen LogP contribution in [-0.2, 0) is 9.59 Å². The number of carbonyl (C=O) groups is 2. The maximum Gasteiger partial charge on any atom is 0.270 e. The number of hydrogen-bond donors (Lipinski definition) is 0. The Bertz CT molecular complexity index is 1300. The summed E-state index contributed by atoms with van der Waals surface area (Å²) < 4.78 is 12.0. The Morgan fingerprint density at radius 1 is 0.889 bits per heavy atom. The molecule has 3 aromatic carbocycles. The maximum absolute atomic E-state index is 13.7. The molecule has 3 aromatic rings. The molecule has 1 heterocycles. The number of thiocarbonyl (C=S) groups is 1. The molecule has 0 unspecified atom stereocenters. The van der Waals surface area contributed by atoms with Gasteiger partial charge in [-0.25, -0.2) is 0 Å². The zero-order chi connectivity index (χ0) is 26.0. The van der Waals surface area contributed by atoms with Crippen molar-refractivity contribution in [3.63, 3.8) is 0 Å². The van der Waals surface area contributed by atoms with Crippen LogP contribution in [0.25, 0.3) is 6.08 Å². The van der Waals surface area contributed by atoms with E-state index < -0.39 is 11.8 Å². The second kappa shape index (κ2) is 10.8. The van der Waals surface area contributed by atoms with Gasteiger partial charge in [-0.3, -0.25) is 19.4 Å². The zero-order valence-corrected chi connectivity index (χ0v) is 23.3. The fourth-order valence-corrected chi connectivity index (χ4v) is 5.00. The van der Waals surface area contributed by atoms with E-state index in [0.29, 0.717) is 35.0 Å². The fraction of sp³-hybridized carbons (Fsp3) is 0.179. The molecule has 4 rings (SSSR count). The van der Waals surface area contributed by atoms with E-state index in [-0.39, 0.29) is 10.7 Å². The summed E-state index contributed by atoms with van der Waals surface area (Å²) in [6.07, 6.45) is 1.58. The Balaban J connectivity index is 1.87. The second-order valence-corrected chi connectivity index (χ2v) is 9.79. The van der Waals surface area contributed by atoms with Gasteiger partial charge in [0.25, 0.3) is 11.8 Å². The lowest BCUT2D eigenvalue weighted by Gasteiger charge is -2.36. The third kappa shape index (κ3) is 5.01. The molecule has 8 heteroatoms. The average molecular weight is 612 g/mol. The molecule has 0 bridgehead atoms. The van der Waals surface area contributed by atoms with Crippen LogP contribution in [0.3, 0.4) is 0 Å². The molecule has 1 saturated heterocycles. The van der Waals surface area contributed by atoms with Gasteiger partial charge in [-0.05, 0) is 104 Å². The molecule has 0 aliphatic carbocycles. The number of nitrogens with zero attached hydrogens (tertiary/aromatic N) is 2. The van der Waals surface area contributed by atoms with Crippen LogP contribution in [0.2, 0.25) is 0 Å². The standard InChI is InChI=1S/C28H25IN2O4S/c1-5-35-25-23(29)15-19(16-24(25)34-4)14-22-26(32)30(20-10-6-17(2)7-11-20)28(36)31(27(22)33)21-12-8-18(3)9-13-21/h6-16H,5H2,1-4H3. The van der Waals surface area contributed by atoms with Crippen LogP contribution in [-0.4, -0.2) is 30.6 Å². The summed E-state index contributed by atoms with van der Waals surface area (Å²) in [5, 5.41) is 0.105. The van der Waals surface area contributed by atoms with Crippen molar-refractivity contribution in [1.82, 2.24) is 0 Å². The summed E-state index contributed by atoms with van der Waals surface area (Å²) >= 11 is 7.86. The lowest BCUT2D eigenvalue weighted by atomic mass is 10.0. The van der Waals surface area contributed by atoms with E-state index >= 15 is 0 Å². The number of halogens is 1. The Labute approximate surface area is 229 Å². The SMILES string of the molecule is CCOc1c(I)cc(C=C2C(=O)N(c3ccc(C)cc3)C(=S)N(c3ccc(C)cc3)C2=O)cc1OC. The van der Waals surface area contributed by atoms with Gasteiger partial charge in [0.05, 0.1) is 28.7 Å². The molecule has 0 spiro atoms. The van der Waals surface area contributed by atoms with Crippen LogP contribution >= 0.6 is 34.8 Å². The van der Waals surface area contributed by atoms with Crippen LogP contribution in [0.4, 0.5) is 11.4 Å². The molecular formula is C28H25IN2O4S. The Hall–Kier alpha value is -3.24. The fourth-order valence-electron chi connectivity index (χ4n) is 3.85. The van der Waals surface area contributed by atoms with Gasteiger partial charge in [0, 0.05) is 0 Å². The van der Waals surface area contributed by atoms with Crippen LogP contribution in [0.1, 0.15) is 23.6 Å². The van der Waals surface area contributed by atoms with E-state index in [0.717, 1.165) is 14.7 Å².